The molecule has 3 N–H and O–H groups in total. The molecule has 1 saturated heterocycles. The van der Waals surface area contributed by atoms with Gasteiger partial charge >= 0.3 is 12.1 Å². The second-order valence-corrected chi connectivity index (χ2v) is 9.12. The van der Waals surface area contributed by atoms with Gasteiger partial charge in [-0.25, -0.2) is 13.2 Å². The third kappa shape index (κ3) is 6.76. The van der Waals surface area contributed by atoms with E-state index in [0.29, 0.717) is 42.6 Å². The Labute approximate surface area is 187 Å². The van der Waals surface area contributed by atoms with Crippen molar-refractivity contribution >= 4 is 32.8 Å². The van der Waals surface area contributed by atoms with Crippen molar-refractivity contribution in [2.45, 2.75) is 18.0 Å². The minimum absolute atomic E-state index is 0.0831. The Morgan fingerprint density at radius 3 is 2.24 bits per heavy atom. The van der Waals surface area contributed by atoms with Crippen LogP contribution in [0, 0.1) is 6.92 Å². The van der Waals surface area contributed by atoms with Crippen LogP contribution in [0.2, 0.25) is 0 Å². The molecule has 1 fully saturated rings. The quantitative estimate of drug-likeness (QED) is 0.565. The molecule has 0 spiro atoms. The molecule has 1 amide bonds. The Morgan fingerprint density at radius 2 is 1.73 bits per heavy atom. The number of carboxylic acids is 1. The molecule has 182 valence electrons. The van der Waals surface area contributed by atoms with Crippen LogP contribution in [0.3, 0.4) is 0 Å². The van der Waals surface area contributed by atoms with E-state index in [1.807, 2.05) is 4.90 Å². The van der Waals surface area contributed by atoms with Crippen LogP contribution in [0.15, 0.2) is 34.0 Å². The number of rotatable bonds is 4. The number of pyridine rings is 1. The maximum Gasteiger partial charge on any atom is 0.490 e. The summed E-state index contributed by atoms with van der Waals surface area (Å²) in [5, 5.41) is 10.4. The van der Waals surface area contributed by atoms with Gasteiger partial charge in [-0.15, -0.1) is 0 Å². The second kappa shape index (κ2) is 10.3. The molecule has 14 heteroatoms. The smallest absolute Gasteiger partial charge is 0.475 e. The highest BCUT2D eigenvalue weighted by atomic mass is 32.2. The summed E-state index contributed by atoms with van der Waals surface area (Å²) < 4.78 is 59.0. The number of nitrogens with zero attached hydrogens (tertiary/aromatic N) is 2. The van der Waals surface area contributed by atoms with Gasteiger partial charge in [-0.05, 0) is 36.6 Å². The fraction of sp³-hybridized carbons (Fsp3) is 0.421. The van der Waals surface area contributed by atoms with E-state index in [4.69, 9.17) is 9.90 Å². The predicted molar refractivity (Wildman–Crippen MR) is 112 cm³/mol. The minimum Gasteiger partial charge on any atom is -0.475 e. The van der Waals surface area contributed by atoms with Gasteiger partial charge < -0.3 is 15.4 Å². The molecule has 0 radical (unpaired) electrons. The first kappa shape index (κ1) is 26.3. The molecule has 1 aromatic heterocycles. The van der Waals surface area contributed by atoms with Crippen molar-refractivity contribution in [1.29, 1.82) is 0 Å². The maximum atomic E-state index is 12.9. The van der Waals surface area contributed by atoms with Crippen LogP contribution in [0.4, 0.5) is 13.2 Å². The number of aromatic nitrogens is 1. The van der Waals surface area contributed by atoms with Crippen molar-refractivity contribution in [1.82, 2.24) is 19.5 Å². The average Bonchev–Trinajstić information content (AvgIpc) is 2.74. The molecule has 2 aromatic rings. The van der Waals surface area contributed by atoms with Gasteiger partial charge in [-0.3, -0.25) is 14.5 Å². The van der Waals surface area contributed by atoms with Gasteiger partial charge in [0, 0.05) is 44.3 Å². The van der Waals surface area contributed by atoms with Crippen LogP contribution in [0.1, 0.15) is 5.56 Å². The fourth-order valence-electron chi connectivity index (χ4n) is 3.01. The van der Waals surface area contributed by atoms with Crippen LogP contribution in [-0.2, 0) is 19.6 Å². The zero-order valence-corrected chi connectivity index (χ0v) is 18.6. The molecule has 1 aliphatic rings. The number of benzene rings is 1. The lowest BCUT2D eigenvalue weighted by molar-refractivity contribution is -0.192. The van der Waals surface area contributed by atoms with Crippen molar-refractivity contribution in [3.8, 4) is 0 Å². The first-order valence-electron chi connectivity index (χ1n) is 9.62. The van der Waals surface area contributed by atoms with Gasteiger partial charge in [0.1, 0.15) is 0 Å². The van der Waals surface area contributed by atoms with Gasteiger partial charge in [0.25, 0.3) is 5.56 Å². The maximum absolute atomic E-state index is 12.9. The number of fused-ring (bicyclic) bond motifs is 1. The van der Waals surface area contributed by atoms with E-state index in [1.54, 1.807) is 32.2 Å². The zero-order valence-electron chi connectivity index (χ0n) is 17.8. The van der Waals surface area contributed by atoms with Crippen LogP contribution in [0.25, 0.3) is 10.9 Å². The fourth-order valence-corrected chi connectivity index (χ4v) is 4.47. The molecule has 33 heavy (non-hydrogen) atoms. The lowest BCUT2D eigenvalue weighted by Crippen LogP contribution is -2.50. The second-order valence-electron chi connectivity index (χ2n) is 7.19. The molecule has 3 rings (SSSR count). The Bertz CT molecular complexity index is 1190. The highest BCUT2D eigenvalue weighted by molar-refractivity contribution is 7.89. The first-order chi connectivity index (χ1) is 15.3. The summed E-state index contributed by atoms with van der Waals surface area (Å²) in [6.45, 7) is 3.64. The van der Waals surface area contributed by atoms with E-state index >= 15 is 0 Å². The van der Waals surface area contributed by atoms with Crippen molar-refractivity contribution in [3.05, 3.63) is 40.2 Å². The molecule has 0 bridgehead atoms. The summed E-state index contributed by atoms with van der Waals surface area (Å²) in [5.74, 6) is -2.84. The molecule has 0 unspecified atom stereocenters. The van der Waals surface area contributed by atoms with E-state index in [-0.39, 0.29) is 22.9 Å². The summed E-state index contributed by atoms with van der Waals surface area (Å²) in [6.07, 6.45) is -5.08. The van der Waals surface area contributed by atoms with E-state index in [1.165, 1.54) is 10.4 Å². The van der Waals surface area contributed by atoms with Gasteiger partial charge in [0.05, 0.1) is 11.4 Å². The van der Waals surface area contributed by atoms with E-state index < -0.39 is 22.2 Å². The highest BCUT2D eigenvalue weighted by Gasteiger charge is 2.38. The van der Waals surface area contributed by atoms with Gasteiger partial charge in [0.15, 0.2) is 0 Å². The van der Waals surface area contributed by atoms with Gasteiger partial charge in [-0.2, -0.15) is 17.5 Å². The normalized spacial score (nSPS) is 15.5. The van der Waals surface area contributed by atoms with Crippen molar-refractivity contribution < 1.29 is 36.3 Å². The minimum atomic E-state index is -5.08. The molecule has 0 aliphatic carbocycles. The zero-order chi connectivity index (χ0) is 25.0. The SMILES string of the molecule is CNC(=O)CN1CCN(S(=O)(=O)c2ccc3[nH]c(=O)c(C)cc3c2)CC1.O=C(O)C(F)(F)F. The number of hydrogen-bond donors (Lipinski definition) is 3. The number of sulfonamides is 1. The number of H-pyrrole nitrogens is 1. The molecule has 1 aromatic carbocycles. The number of amides is 1. The number of aromatic amines is 1. The molecule has 0 saturated carbocycles. The number of carboxylic acid groups (broad SMARTS) is 1. The Morgan fingerprint density at radius 1 is 1.15 bits per heavy atom. The third-order valence-electron chi connectivity index (χ3n) is 4.86. The number of halogens is 3. The topological polar surface area (TPSA) is 140 Å². The van der Waals surface area contributed by atoms with Gasteiger partial charge in [-0.1, -0.05) is 0 Å². The number of carbonyl (C=O) groups is 2. The molecular weight excluding hydrogens is 469 g/mol. The van der Waals surface area contributed by atoms with Gasteiger partial charge in [0.2, 0.25) is 15.9 Å². The number of aryl methyl sites for hydroxylation is 1. The lowest BCUT2D eigenvalue weighted by Gasteiger charge is -2.33. The largest absolute Gasteiger partial charge is 0.490 e. The van der Waals surface area contributed by atoms with E-state index in [2.05, 4.69) is 10.3 Å². The lowest BCUT2D eigenvalue weighted by atomic mass is 10.2. The summed E-state index contributed by atoms with van der Waals surface area (Å²) in [6, 6.07) is 6.41. The van der Waals surface area contributed by atoms with Crippen molar-refractivity contribution in [3.63, 3.8) is 0 Å². The number of piperazine rings is 1. The van der Waals surface area contributed by atoms with Crippen LogP contribution in [0.5, 0.6) is 0 Å². The number of carbonyl (C=O) groups excluding carboxylic acids is 1. The predicted octanol–water partition coefficient (Wildman–Crippen LogP) is 0.522. The first-order valence-corrected chi connectivity index (χ1v) is 11.1. The van der Waals surface area contributed by atoms with E-state index in [9.17, 15) is 31.2 Å². The number of alkyl halides is 3. The van der Waals surface area contributed by atoms with Crippen LogP contribution in [-0.4, -0.2) is 85.5 Å². The Balaban J connectivity index is 0.000000479. The molecule has 10 nitrogen and oxygen atoms in total. The molecule has 1 aliphatic heterocycles. The van der Waals surface area contributed by atoms with E-state index in [0.717, 1.165) is 0 Å². The number of likely N-dealkylation sites (N-methyl/N-ethyl adjacent to an activating group) is 1. The van der Waals surface area contributed by atoms with Crippen molar-refractivity contribution in [2.24, 2.45) is 0 Å². The average molecular weight is 492 g/mol. The number of hydrogen-bond acceptors (Lipinski definition) is 6. The summed E-state index contributed by atoms with van der Waals surface area (Å²) in [5.41, 5.74) is 0.963. The monoisotopic (exact) mass is 492 g/mol. The molecular formula is C19H23F3N4O6S. The van der Waals surface area contributed by atoms with Crippen LogP contribution >= 0.6 is 0 Å². The summed E-state index contributed by atoms with van der Waals surface area (Å²) >= 11 is 0. The summed E-state index contributed by atoms with van der Waals surface area (Å²) in [4.78, 5) is 36.9. The highest BCUT2D eigenvalue weighted by Crippen LogP contribution is 2.22. The summed E-state index contributed by atoms with van der Waals surface area (Å²) in [7, 11) is -2.04. The number of aliphatic carboxylic acids is 1. The standard InChI is InChI=1S/C17H22N4O4S.C2HF3O2/c1-12-9-13-10-14(3-4-15(13)19-17(12)23)26(24,25)21-7-5-20(6-8-21)11-16(22)18-2;3-2(4,5)1(6)7/h3-4,9-10H,5-8,11H2,1-2H3,(H,18,22)(H,19,23);(H,6,7). The van der Waals surface area contributed by atoms with Crippen LogP contribution < -0.4 is 10.9 Å². The Hall–Kier alpha value is -2.97. The third-order valence-corrected chi connectivity index (χ3v) is 6.75. The Kier molecular flexibility index (Phi) is 8.21. The van der Waals surface area contributed by atoms with Crippen molar-refractivity contribution in [2.75, 3.05) is 39.8 Å². The molecule has 0 atom stereocenters. The number of nitrogens with one attached hydrogen (secondary N) is 2. The molecule has 2 heterocycles.